The van der Waals surface area contributed by atoms with Crippen molar-refractivity contribution in [2.75, 3.05) is 13.3 Å². The van der Waals surface area contributed by atoms with Gasteiger partial charge in [-0.05, 0) is 48.7 Å². The summed E-state index contributed by atoms with van der Waals surface area (Å²) in [4.78, 5) is 14.4. The van der Waals surface area contributed by atoms with E-state index in [4.69, 9.17) is 21.1 Å². The van der Waals surface area contributed by atoms with Gasteiger partial charge in [0.25, 0.3) is 0 Å². The molecule has 5 heteroatoms. The van der Waals surface area contributed by atoms with E-state index in [1.807, 2.05) is 54.3 Å². The van der Waals surface area contributed by atoms with Crippen molar-refractivity contribution in [3.63, 3.8) is 0 Å². The summed E-state index contributed by atoms with van der Waals surface area (Å²) in [7, 11) is 0. The van der Waals surface area contributed by atoms with Crippen molar-refractivity contribution in [3.05, 3.63) is 58.6 Å². The third-order valence-corrected chi connectivity index (χ3v) is 4.34. The van der Waals surface area contributed by atoms with Crippen molar-refractivity contribution >= 4 is 17.5 Å². The second-order valence-electron chi connectivity index (χ2n) is 5.72. The molecule has 0 saturated heterocycles. The standard InChI is InChI=1S/C19H20ClNO3/c1-2-21(12-15-5-9-17-18(11-15)24-13-23-17)19(22)10-6-14-3-7-16(20)8-4-14/h3-5,7-9,11H,2,6,10,12-13H2,1H3. The summed E-state index contributed by atoms with van der Waals surface area (Å²) in [6, 6.07) is 13.4. The highest BCUT2D eigenvalue weighted by Crippen LogP contribution is 2.32. The Bertz CT molecular complexity index is 715. The number of benzene rings is 2. The van der Waals surface area contributed by atoms with Crippen LogP contribution in [0.1, 0.15) is 24.5 Å². The molecule has 0 unspecified atom stereocenters. The Morgan fingerprint density at radius 2 is 1.79 bits per heavy atom. The minimum absolute atomic E-state index is 0.144. The SMILES string of the molecule is CCN(Cc1ccc2c(c1)OCO2)C(=O)CCc1ccc(Cl)cc1. The van der Waals surface area contributed by atoms with E-state index in [0.717, 1.165) is 22.6 Å². The van der Waals surface area contributed by atoms with Gasteiger partial charge in [-0.2, -0.15) is 0 Å². The van der Waals surface area contributed by atoms with E-state index in [-0.39, 0.29) is 12.7 Å². The van der Waals surface area contributed by atoms with Gasteiger partial charge in [-0.1, -0.05) is 29.8 Å². The first-order valence-electron chi connectivity index (χ1n) is 8.06. The summed E-state index contributed by atoms with van der Waals surface area (Å²) in [5.74, 6) is 1.65. The zero-order valence-electron chi connectivity index (χ0n) is 13.6. The highest BCUT2D eigenvalue weighted by Gasteiger charge is 2.16. The number of aryl methyl sites for hydroxylation is 1. The summed E-state index contributed by atoms with van der Waals surface area (Å²) in [6.45, 7) is 3.50. The van der Waals surface area contributed by atoms with E-state index >= 15 is 0 Å². The van der Waals surface area contributed by atoms with E-state index in [9.17, 15) is 4.79 Å². The minimum Gasteiger partial charge on any atom is -0.454 e. The Morgan fingerprint density at radius 1 is 1.08 bits per heavy atom. The van der Waals surface area contributed by atoms with Crippen LogP contribution in [0.15, 0.2) is 42.5 Å². The van der Waals surface area contributed by atoms with Crippen LogP contribution in [0.5, 0.6) is 11.5 Å². The topological polar surface area (TPSA) is 38.8 Å². The second-order valence-corrected chi connectivity index (χ2v) is 6.16. The predicted molar refractivity (Wildman–Crippen MR) is 93.4 cm³/mol. The van der Waals surface area contributed by atoms with Crippen LogP contribution in [-0.4, -0.2) is 24.1 Å². The molecular formula is C19H20ClNO3. The maximum absolute atomic E-state index is 12.5. The lowest BCUT2D eigenvalue weighted by Crippen LogP contribution is -2.30. The summed E-state index contributed by atoms with van der Waals surface area (Å²) in [5.41, 5.74) is 2.16. The number of fused-ring (bicyclic) bond motifs is 1. The van der Waals surface area contributed by atoms with Gasteiger partial charge in [0.1, 0.15) is 0 Å². The van der Waals surface area contributed by atoms with Crippen molar-refractivity contribution in [2.24, 2.45) is 0 Å². The van der Waals surface area contributed by atoms with Crippen molar-refractivity contribution in [1.29, 1.82) is 0 Å². The van der Waals surface area contributed by atoms with Crippen LogP contribution in [0.25, 0.3) is 0 Å². The lowest BCUT2D eigenvalue weighted by Gasteiger charge is -2.21. The van der Waals surface area contributed by atoms with Gasteiger partial charge in [-0.15, -0.1) is 0 Å². The van der Waals surface area contributed by atoms with Gasteiger partial charge in [0.2, 0.25) is 12.7 Å². The largest absolute Gasteiger partial charge is 0.454 e. The van der Waals surface area contributed by atoms with Crippen LogP contribution >= 0.6 is 11.6 Å². The number of rotatable bonds is 6. The first-order valence-corrected chi connectivity index (χ1v) is 8.44. The Morgan fingerprint density at radius 3 is 2.54 bits per heavy atom. The average molecular weight is 346 g/mol. The van der Waals surface area contributed by atoms with Crippen molar-refractivity contribution in [2.45, 2.75) is 26.3 Å². The van der Waals surface area contributed by atoms with Crippen molar-refractivity contribution in [1.82, 2.24) is 4.90 Å². The molecule has 0 aromatic heterocycles. The summed E-state index contributed by atoms with van der Waals surface area (Å²) < 4.78 is 10.7. The maximum Gasteiger partial charge on any atom is 0.231 e. The molecule has 0 N–H and O–H groups in total. The van der Waals surface area contributed by atoms with Gasteiger partial charge in [-0.3, -0.25) is 4.79 Å². The molecule has 0 spiro atoms. The van der Waals surface area contributed by atoms with Crippen LogP contribution in [-0.2, 0) is 17.8 Å². The van der Waals surface area contributed by atoms with Gasteiger partial charge < -0.3 is 14.4 Å². The van der Waals surface area contributed by atoms with E-state index in [0.29, 0.717) is 31.0 Å². The van der Waals surface area contributed by atoms with Crippen molar-refractivity contribution < 1.29 is 14.3 Å². The highest BCUT2D eigenvalue weighted by atomic mass is 35.5. The molecule has 0 atom stereocenters. The molecule has 24 heavy (non-hydrogen) atoms. The fraction of sp³-hybridized carbons (Fsp3) is 0.316. The molecule has 0 saturated carbocycles. The molecule has 1 aliphatic rings. The molecule has 4 nitrogen and oxygen atoms in total. The number of hydrogen-bond acceptors (Lipinski definition) is 3. The first-order chi connectivity index (χ1) is 11.7. The second kappa shape index (κ2) is 7.58. The van der Waals surface area contributed by atoms with E-state index in [2.05, 4.69) is 0 Å². The average Bonchev–Trinajstić information content (AvgIpc) is 3.06. The number of ether oxygens (including phenoxy) is 2. The zero-order chi connectivity index (χ0) is 16.9. The maximum atomic E-state index is 12.5. The molecule has 2 aromatic rings. The number of amides is 1. The molecule has 0 aliphatic carbocycles. The monoisotopic (exact) mass is 345 g/mol. The number of halogens is 1. The third kappa shape index (κ3) is 4.01. The normalized spacial score (nSPS) is 12.2. The fourth-order valence-electron chi connectivity index (χ4n) is 2.70. The van der Waals surface area contributed by atoms with E-state index < -0.39 is 0 Å². The summed E-state index contributed by atoms with van der Waals surface area (Å²) >= 11 is 5.88. The van der Waals surface area contributed by atoms with Crippen molar-refractivity contribution in [3.8, 4) is 11.5 Å². The minimum atomic E-state index is 0.144. The molecule has 1 heterocycles. The van der Waals surface area contributed by atoms with Crippen LogP contribution in [0.4, 0.5) is 0 Å². The van der Waals surface area contributed by atoms with Gasteiger partial charge >= 0.3 is 0 Å². The van der Waals surface area contributed by atoms with E-state index in [1.165, 1.54) is 0 Å². The lowest BCUT2D eigenvalue weighted by atomic mass is 10.1. The molecule has 1 aliphatic heterocycles. The van der Waals surface area contributed by atoms with Gasteiger partial charge in [0.15, 0.2) is 11.5 Å². The van der Waals surface area contributed by atoms with Crippen LogP contribution < -0.4 is 9.47 Å². The molecule has 0 bridgehead atoms. The van der Waals surface area contributed by atoms with Gasteiger partial charge in [-0.25, -0.2) is 0 Å². The molecule has 1 amide bonds. The van der Waals surface area contributed by atoms with Crippen LogP contribution in [0.2, 0.25) is 5.02 Å². The summed E-state index contributed by atoms with van der Waals surface area (Å²) in [6.07, 6.45) is 1.20. The number of hydrogen-bond donors (Lipinski definition) is 0. The lowest BCUT2D eigenvalue weighted by molar-refractivity contribution is -0.131. The molecule has 0 fully saturated rings. The Hall–Kier alpha value is -2.20. The quantitative estimate of drug-likeness (QED) is 0.792. The predicted octanol–water partition coefficient (Wildman–Crippen LogP) is 4.05. The third-order valence-electron chi connectivity index (χ3n) is 4.09. The van der Waals surface area contributed by atoms with Crippen LogP contribution in [0, 0.1) is 0 Å². The highest BCUT2D eigenvalue weighted by molar-refractivity contribution is 6.30. The number of carbonyl (C=O) groups excluding carboxylic acids is 1. The molecule has 0 radical (unpaired) electrons. The summed E-state index contributed by atoms with van der Waals surface area (Å²) in [5, 5.41) is 0.711. The Kier molecular flexibility index (Phi) is 5.26. The Labute approximate surface area is 146 Å². The smallest absolute Gasteiger partial charge is 0.231 e. The van der Waals surface area contributed by atoms with Gasteiger partial charge in [0, 0.05) is 24.5 Å². The fourth-order valence-corrected chi connectivity index (χ4v) is 2.82. The van der Waals surface area contributed by atoms with Gasteiger partial charge in [0.05, 0.1) is 0 Å². The Balaban J connectivity index is 1.58. The first kappa shape index (κ1) is 16.7. The number of carbonyl (C=O) groups is 1. The molecular weight excluding hydrogens is 326 g/mol. The van der Waals surface area contributed by atoms with E-state index in [1.54, 1.807) is 0 Å². The molecule has 126 valence electrons. The van der Waals surface area contributed by atoms with Crippen LogP contribution in [0.3, 0.4) is 0 Å². The molecule has 3 rings (SSSR count). The zero-order valence-corrected chi connectivity index (χ0v) is 14.4. The molecule has 2 aromatic carbocycles. The number of nitrogens with zero attached hydrogens (tertiary/aromatic N) is 1.